The summed E-state index contributed by atoms with van der Waals surface area (Å²) in [6.45, 7) is 1.89. The van der Waals surface area contributed by atoms with Gasteiger partial charge in [0.1, 0.15) is 5.69 Å². The van der Waals surface area contributed by atoms with Crippen molar-refractivity contribution in [1.82, 2.24) is 4.98 Å². The highest BCUT2D eigenvalue weighted by Crippen LogP contribution is 2.32. The number of nitrogens with one attached hydrogen (secondary N) is 1. The van der Waals surface area contributed by atoms with E-state index in [1.165, 1.54) is 0 Å². The summed E-state index contributed by atoms with van der Waals surface area (Å²) in [7, 11) is 0. The smallest absolute Gasteiger partial charge is 0.330 e. The Balaban J connectivity index is 2.19. The molecule has 0 atom stereocenters. The number of amides is 2. The lowest BCUT2D eigenvalue weighted by Crippen LogP contribution is -2.13. The molecular weight excluding hydrogens is 330 g/mol. The number of hydrogen-bond acceptors (Lipinski definition) is 6. The molecule has 7 nitrogen and oxygen atoms in total. The summed E-state index contributed by atoms with van der Waals surface area (Å²) in [6, 6.07) is 9.11. The second-order valence-electron chi connectivity index (χ2n) is 4.50. The third kappa shape index (κ3) is 4.50. The standard InChI is InChI=1S/C16H15N3O4S/c1-2-23-12(21)9-8-11(20)18-16-19-13(15(17)22)14(24-16)10-6-4-3-5-7-10/h3-9H,2H2,1H3,(H2,17,22)(H,18,19,20)/b9-8+. The minimum Gasteiger partial charge on any atom is -0.463 e. The summed E-state index contributed by atoms with van der Waals surface area (Å²) in [5, 5.41) is 2.70. The van der Waals surface area contributed by atoms with E-state index in [2.05, 4.69) is 15.0 Å². The van der Waals surface area contributed by atoms with Crippen LogP contribution < -0.4 is 11.1 Å². The van der Waals surface area contributed by atoms with Crippen LogP contribution in [-0.4, -0.2) is 29.4 Å². The van der Waals surface area contributed by atoms with Crippen molar-refractivity contribution in [3.63, 3.8) is 0 Å². The maximum Gasteiger partial charge on any atom is 0.330 e. The number of esters is 1. The Labute approximate surface area is 142 Å². The number of thiazole rings is 1. The first-order chi connectivity index (χ1) is 11.5. The van der Waals surface area contributed by atoms with Gasteiger partial charge in [-0.15, -0.1) is 0 Å². The van der Waals surface area contributed by atoms with Crippen LogP contribution in [0, 0.1) is 0 Å². The Bertz CT molecular complexity index is 784. The fourth-order valence-corrected chi connectivity index (χ4v) is 2.79. The number of anilines is 1. The predicted octanol–water partition coefficient (Wildman–Crippen LogP) is 1.97. The van der Waals surface area contributed by atoms with Crippen molar-refractivity contribution in [1.29, 1.82) is 0 Å². The number of nitrogens with two attached hydrogens (primary N) is 1. The molecule has 0 radical (unpaired) electrons. The van der Waals surface area contributed by atoms with Gasteiger partial charge < -0.3 is 10.5 Å². The van der Waals surface area contributed by atoms with E-state index in [4.69, 9.17) is 5.73 Å². The van der Waals surface area contributed by atoms with E-state index < -0.39 is 17.8 Å². The highest BCUT2D eigenvalue weighted by Gasteiger charge is 2.18. The molecule has 1 aromatic carbocycles. The van der Waals surface area contributed by atoms with Crippen LogP contribution in [0.1, 0.15) is 17.4 Å². The van der Waals surface area contributed by atoms with E-state index in [1.54, 1.807) is 6.92 Å². The SMILES string of the molecule is CCOC(=O)/C=C/C(=O)Nc1nc(C(N)=O)c(-c2ccccc2)s1. The molecule has 8 heteroatoms. The van der Waals surface area contributed by atoms with Gasteiger partial charge in [-0.3, -0.25) is 14.9 Å². The maximum absolute atomic E-state index is 11.8. The summed E-state index contributed by atoms with van der Waals surface area (Å²) in [5.74, 6) is -1.87. The molecule has 0 bridgehead atoms. The van der Waals surface area contributed by atoms with Crippen molar-refractivity contribution >= 4 is 34.3 Å². The minimum atomic E-state index is -0.687. The average molecular weight is 345 g/mol. The first kappa shape index (κ1) is 17.4. The van der Waals surface area contributed by atoms with E-state index in [-0.39, 0.29) is 17.4 Å². The average Bonchev–Trinajstić information content (AvgIpc) is 2.98. The fraction of sp³-hybridized carbons (Fsp3) is 0.125. The predicted molar refractivity (Wildman–Crippen MR) is 90.5 cm³/mol. The largest absolute Gasteiger partial charge is 0.463 e. The van der Waals surface area contributed by atoms with Crippen LogP contribution in [0.3, 0.4) is 0 Å². The van der Waals surface area contributed by atoms with E-state index in [9.17, 15) is 14.4 Å². The second kappa shape index (κ2) is 8.02. The molecule has 1 heterocycles. The van der Waals surface area contributed by atoms with Crippen molar-refractivity contribution in [3.8, 4) is 10.4 Å². The number of ether oxygens (including phenoxy) is 1. The van der Waals surface area contributed by atoms with Gasteiger partial charge in [-0.05, 0) is 12.5 Å². The molecule has 0 aliphatic carbocycles. The maximum atomic E-state index is 11.8. The Morgan fingerprint density at radius 1 is 1.25 bits per heavy atom. The summed E-state index contributed by atoms with van der Waals surface area (Å²) in [5.41, 5.74) is 6.19. The number of aromatic nitrogens is 1. The zero-order chi connectivity index (χ0) is 17.5. The zero-order valence-corrected chi connectivity index (χ0v) is 13.6. The normalized spacial score (nSPS) is 10.5. The second-order valence-corrected chi connectivity index (χ2v) is 5.50. The number of nitrogens with zero attached hydrogens (tertiary/aromatic N) is 1. The molecule has 2 aromatic rings. The van der Waals surface area contributed by atoms with Crippen LogP contribution in [-0.2, 0) is 14.3 Å². The molecule has 2 amide bonds. The van der Waals surface area contributed by atoms with Gasteiger partial charge in [0.2, 0.25) is 5.91 Å². The van der Waals surface area contributed by atoms with Gasteiger partial charge in [-0.1, -0.05) is 41.7 Å². The number of carbonyl (C=O) groups is 3. The Morgan fingerprint density at radius 3 is 2.58 bits per heavy atom. The number of primary amides is 1. The van der Waals surface area contributed by atoms with E-state index >= 15 is 0 Å². The summed E-state index contributed by atoms with van der Waals surface area (Å²) in [4.78, 5) is 39.1. The third-order valence-corrected chi connectivity index (χ3v) is 3.80. The van der Waals surface area contributed by atoms with E-state index in [1.807, 2.05) is 30.3 Å². The zero-order valence-electron chi connectivity index (χ0n) is 12.8. The number of benzene rings is 1. The summed E-state index contributed by atoms with van der Waals surface area (Å²) in [6.07, 6.45) is 2.05. The lowest BCUT2D eigenvalue weighted by molar-refractivity contribution is -0.137. The van der Waals surface area contributed by atoms with E-state index in [0.717, 1.165) is 29.1 Å². The van der Waals surface area contributed by atoms with Gasteiger partial charge in [-0.25, -0.2) is 9.78 Å². The topological polar surface area (TPSA) is 111 Å². The lowest BCUT2D eigenvalue weighted by Gasteiger charge is -1.97. The molecule has 0 spiro atoms. The van der Waals surface area contributed by atoms with Crippen molar-refractivity contribution in [2.45, 2.75) is 6.92 Å². The van der Waals surface area contributed by atoms with Crippen LogP contribution in [0.15, 0.2) is 42.5 Å². The molecule has 0 fully saturated rings. The quantitative estimate of drug-likeness (QED) is 0.614. The van der Waals surface area contributed by atoms with Crippen molar-refractivity contribution in [2.75, 3.05) is 11.9 Å². The van der Waals surface area contributed by atoms with Crippen molar-refractivity contribution < 1.29 is 19.1 Å². The number of hydrogen-bond donors (Lipinski definition) is 2. The molecule has 0 saturated heterocycles. The molecule has 2 rings (SSSR count). The third-order valence-electron chi connectivity index (χ3n) is 2.78. The van der Waals surface area contributed by atoms with Crippen LogP contribution >= 0.6 is 11.3 Å². The summed E-state index contributed by atoms with van der Waals surface area (Å²) >= 11 is 1.12. The molecule has 24 heavy (non-hydrogen) atoms. The molecule has 0 aliphatic heterocycles. The van der Waals surface area contributed by atoms with Crippen LogP contribution in [0.4, 0.5) is 5.13 Å². The van der Waals surface area contributed by atoms with Gasteiger partial charge in [0.25, 0.3) is 5.91 Å². The molecule has 0 unspecified atom stereocenters. The van der Waals surface area contributed by atoms with E-state index in [0.29, 0.717) is 4.88 Å². The van der Waals surface area contributed by atoms with Gasteiger partial charge in [0.15, 0.2) is 5.13 Å². The lowest BCUT2D eigenvalue weighted by atomic mass is 10.1. The minimum absolute atomic E-state index is 0.0795. The van der Waals surface area contributed by atoms with Gasteiger partial charge in [0.05, 0.1) is 11.5 Å². The summed E-state index contributed by atoms with van der Waals surface area (Å²) < 4.78 is 4.68. The molecule has 1 aromatic heterocycles. The van der Waals surface area contributed by atoms with Gasteiger partial charge in [0, 0.05) is 12.2 Å². The number of rotatable bonds is 6. The Kier molecular flexibility index (Phi) is 5.80. The fourth-order valence-electron chi connectivity index (χ4n) is 1.81. The highest BCUT2D eigenvalue weighted by molar-refractivity contribution is 7.19. The van der Waals surface area contributed by atoms with Gasteiger partial charge >= 0.3 is 5.97 Å². The molecule has 124 valence electrons. The van der Waals surface area contributed by atoms with Crippen LogP contribution in [0.2, 0.25) is 0 Å². The highest BCUT2D eigenvalue weighted by atomic mass is 32.1. The Hall–Kier alpha value is -3.00. The van der Waals surface area contributed by atoms with Crippen molar-refractivity contribution in [3.05, 3.63) is 48.2 Å². The first-order valence-electron chi connectivity index (χ1n) is 7.03. The monoisotopic (exact) mass is 345 g/mol. The molecule has 0 saturated carbocycles. The first-order valence-corrected chi connectivity index (χ1v) is 7.84. The van der Waals surface area contributed by atoms with Crippen LogP contribution in [0.25, 0.3) is 10.4 Å². The molecule has 0 aliphatic rings. The van der Waals surface area contributed by atoms with Crippen LogP contribution in [0.5, 0.6) is 0 Å². The van der Waals surface area contributed by atoms with Gasteiger partial charge in [-0.2, -0.15) is 0 Å². The van der Waals surface area contributed by atoms with Crippen molar-refractivity contribution in [2.24, 2.45) is 5.73 Å². The molecular formula is C16H15N3O4S. The number of carbonyl (C=O) groups excluding carboxylic acids is 3. The molecule has 3 N–H and O–H groups in total. The Morgan fingerprint density at radius 2 is 1.96 bits per heavy atom.